The van der Waals surface area contributed by atoms with Gasteiger partial charge in [0.2, 0.25) is 0 Å². The summed E-state index contributed by atoms with van der Waals surface area (Å²) in [5, 5.41) is 9.61. The zero-order valence-electron chi connectivity index (χ0n) is 9.06. The van der Waals surface area contributed by atoms with Crippen LogP contribution in [-0.2, 0) is 0 Å². The topological polar surface area (TPSA) is 20.2 Å². The summed E-state index contributed by atoms with van der Waals surface area (Å²) < 4.78 is 36.1. The first-order valence-electron chi connectivity index (χ1n) is 5.67. The van der Waals surface area contributed by atoms with Gasteiger partial charge in [0.05, 0.1) is 6.10 Å². The molecule has 0 radical (unpaired) electrons. The van der Waals surface area contributed by atoms with Crippen molar-refractivity contribution in [1.29, 1.82) is 0 Å². The Kier molecular flexibility index (Phi) is 4.44. The number of rotatable bonds is 3. The number of alkyl halides is 3. The molecule has 3 atom stereocenters. The zero-order chi connectivity index (χ0) is 11.5. The molecule has 15 heavy (non-hydrogen) atoms. The second kappa shape index (κ2) is 5.19. The van der Waals surface area contributed by atoms with E-state index in [4.69, 9.17) is 0 Å². The Balaban J connectivity index is 2.38. The van der Waals surface area contributed by atoms with E-state index in [0.717, 1.165) is 19.3 Å². The molecule has 1 aliphatic rings. The van der Waals surface area contributed by atoms with Crippen LogP contribution >= 0.6 is 0 Å². The smallest absolute Gasteiger partial charge is 0.389 e. The molecule has 0 aromatic heterocycles. The minimum absolute atomic E-state index is 0.0845. The fraction of sp³-hybridized carbons (Fsp3) is 1.00. The lowest BCUT2D eigenvalue weighted by atomic mass is 9.76. The molecule has 0 amide bonds. The van der Waals surface area contributed by atoms with Gasteiger partial charge in [0.25, 0.3) is 0 Å². The quantitative estimate of drug-likeness (QED) is 0.777. The summed E-state index contributed by atoms with van der Waals surface area (Å²) in [6.07, 6.45) is -1.88. The van der Waals surface area contributed by atoms with E-state index in [-0.39, 0.29) is 12.3 Å². The first kappa shape index (κ1) is 12.8. The SMILES string of the molecule is CCC1CCC(O)C(CCC(F)(F)F)C1. The fourth-order valence-corrected chi connectivity index (χ4v) is 2.38. The van der Waals surface area contributed by atoms with Crippen LogP contribution in [0.15, 0.2) is 0 Å². The molecule has 0 aliphatic heterocycles. The highest BCUT2D eigenvalue weighted by Gasteiger charge is 2.33. The van der Waals surface area contributed by atoms with Crippen LogP contribution < -0.4 is 0 Å². The van der Waals surface area contributed by atoms with Crippen molar-refractivity contribution >= 4 is 0 Å². The largest absolute Gasteiger partial charge is 0.393 e. The normalized spacial score (nSPS) is 33.0. The van der Waals surface area contributed by atoms with Crippen LogP contribution in [0.1, 0.15) is 45.4 Å². The summed E-state index contributed by atoms with van der Waals surface area (Å²) in [6.45, 7) is 2.06. The lowest BCUT2D eigenvalue weighted by Crippen LogP contribution is -2.30. The minimum atomic E-state index is -4.08. The molecular weight excluding hydrogens is 205 g/mol. The molecule has 0 aromatic rings. The van der Waals surface area contributed by atoms with Crippen LogP contribution in [-0.4, -0.2) is 17.4 Å². The van der Waals surface area contributed by atoms with Crippen LogP contribution in [0.4, 0.5) is 13.2 Å². The number of hydrogen-bond donors (Lipinski definition) is 1. The Hall–Kier alpha value is -0.250. The van der Waals surface area contributed by atoms with E-state index >= 15 is 0 Å². The molecule has 90 valence electrons. The fourth-order valence-electron chi connectivity index (χ4n) is 2.38. The van der Waals surface area contributed by atoms with Crippen molar-refractivity contribution in [1.82, 2.24) is 0 Å². The van der Waals surface area contributed by atoms with Gasteiger partial charge in [-0.1, -0.05) is 13.3 Å². The van der Waals surface area contributed by atoms with Gasteiger partial charge in [-0.05, 0) is 37.5 Å². The van der Waals surface area contributed by atoms with Crippen LogP contribution in [0, 0.1) is 11.8 Å². The number of aliphatic hydroxyl groups is 1. The molecule has 3 unspecified atom stereocenters. The van der Waals surface area contributed by atoms with Crippen molar-refractivity contribution in [3.05, 3.63) is 0 Å². The Morgan fingerprint density at radius 2 is 1.93 bits per heavy atom. The Labute approximate surface area is 88.7 Å². The highest BCUT2D eigenvalue weighted by atomic mass is 19.4. The molecular formula is C11H19F3O. The van der Waals surface area contributed by atoms with E-state index in [1.54, 1.807) is 0 Å². The summed E-state index contributed by atoms with van der Waals surface area (Å²) in [4.78, 5) is 0. The summed E-state index contributed by atoms with van der Waals surface area (Å²) in [6, 6.07) is 0. The number of halogens is 3. The summed E-state index contributed by atoms with van der Waals surface area (Å²) in [7, 11) is 0. The molecule has 1 rings (SSSR count). The third-order valence-corrected chi connectivity index (χ3v) is 3.43. The van der Waals surface area contributed by atoms with Gasteiger partial charge in [-0.2, -0.15) is 13.2 Å². The zero-order valence-corrected chi connectivity index (χ0v) is 9.06. The van der Waals surface area contributed by atoms with Gasteiger partial charge in [0, 0.05) is 6.42 Å². The van der Waals surface area contributed by atoms with Crippen LogP contribution in [0.5, 0.6) is 0 Å². The number of hydrogen-bond acceptors (Lipinski definition) is 1. The van der Waals surface area contributed by atoms with Gasteiger partial charge in [-0.25, -0.2) is 0 Å². The van der Waals surface area contributed by atoms with Crippen molar-refractivity contribution in [2.75, 3.05) is 0 Å². The lowest BCUT2D eigenvalue weighted by molar-refractivity contribution is -0.140. The minimum Gasteiger partial charge on any atom is -0.393 e. The maximum absolute atomic E-state index is 12.0. The molecule has 0 heterocycles. The van der Waals surface area contributed by atoms with Gasteiger partial charge >= 0.3 is 6.18 Å². The van der Waals surface area contributed by atoms with Gasteiger partial charge < -0.3 is 5.11 Å². The third-order valence-electron chi connectivity index (χ3n) is 3.43. The predicted molar refractivity (Wildman–Crippen MR) is 52.4 cm³/mol. The maximum atomic E-state index is 12.0. The first-order valence-corrected chi connectivity index (χ1v) is 5.67. The van der Waals surface area contributed by atoms with E-state index in [2.05, 4.69) is 6.92 Å². The Morgan fingerprint density at radius 1 is 1.27 bits per heavy atom. The second-order valence-corrected chi connectivity index (χ2v) is 4.57. The molecule has 1 nitrogen and oxygen atoms in total. The Morgan fingerprint density at radius 3 is 2.47 bits per heavy atom. The van der Waals surface area contributed by atoms with Crippen molar-refractivity contribution in [2.45, 2.75) is 57.7 Å². The van der Waals surface area contributed by atoms with E-state index in [1.165, 1.54) is 0 Å². The number of aliphatic hydroxyl groups excluding tert-OH is 1. The molecule has 0 saturated heterocycles. The van der Waals surface area contributed by atoms with Gasteiger partial charge in [-0.15, -0.1) is 0 Å². The van der Waals surface area contributed by atoms with E-state index in [1.807, 2.05) is 0 Å². The van der Waals surface area contributed by atoms with Gasteiger partial charge in [0.1, 0.15) is 0 Å². The van der Waals surface area contributed by atoms with Crippen molar-refractivity contribution in [2.24, 2.45) is 11.8 Å². The highest BCUT2D eigenvalue weighted by molar-refractivity contribution is 4.79. The average Bonchev–Trinajstić information content (AvgIpc) is 2.15. The molecule has 0 bridgehead atoms. The molecule has 1 saturated carbocycles. The third kappa shape index (κ3) is 4.41. The molecule has 1 N–H and O–H groups in total. The standard InChI is InChI=1S/C11H19F3O/c1-2-8-3-4-10(15)9(7-8)5-6-11(12,13)14/h8-10,15H,2-7H2,1H3. The van der Waals surface area contributed by atoms with Crippen LogP contribution in [0.2, 0.25) is 0 Å². The van der Waals surface area contributed by atoms with Crippen molar-refractivity contribution in [3.8, 4) is 0 Å². The van der Waals surface area contributed by atoms with Crippen LogP contribution in [0.3, 0.4) is 0 Å². The monoisotopic (exact) mass is 224 g/mol. The summed E-state index contributed by atoms with van der Waals surface area (Å²) in [5.74, 6) is 0.358. The molecule has 4 heteroatoms. The van der Waals surface area contributed by atoms with Gasteiger partial charge in [-0.3, -0.25) is 0 Å². The van der Waals surface area contributed by atoms with E-state index in [9.17, 15) is 18.3 Å². The van der Waals surface area contributed by atoms with Crippen molar-refractivity contribution in [3.63, 3.8) is 0 Å². The van der Waals surface area contributed by atoms with Crippen LogP contribution in [0.25, 0.3) is 0 Å². The summed E-state index contributed by atoms with van der Waals surface area (Å²) in [5.41, 5.74) is 0. The second-order valence-electron chi connectivity index (χ2n) is 4.57. The summed E-state index contributed by atoms with van der Waals surface area (Å²) >= 11 is 0. The predicted octanol–water partition coefficient (Wildman–Crippen LogP) is 3.52. The van der Waals surface area contributed by atoms with E-state index < -0.39 is 18.7 Å². The molecule has 0 spiro atoms. The van der Waals surface area contributed by atoms with E-state index in [0.29, 0.717) is 12.3 Å². The van der Waals surface area contributed by atoms with Gasteiger partial charge in [0.15, 0.2) is 0 Å². The Bertz CT molecular complexity index is 191. The highest BCUT2D eigenvalue weighted by Crippen LogP contribution is 2.36. The first-order chi connectivity index (χ1) is 6.92. The lowest BCUT2D eigenvalue weighted by Gasteiger charge is -2.33. The molecule has 0 aromatic carbocycles. The maximum Gasteiger partial charge on any atom is 0.389 e. The average molecular weight is 224 g/mol. The van der Waals surface area contributed by atoms with Crippen molar-refractivity contribution < 1.29 is 18.3 Å². The molecule has 1 aliphatic carbocycles. The molecule has 1 fully saturated rings.